The lowest BCUT2D eigenvalue weighted by molar-refractivity contribution is -0.138. The number of hydrogen-bond acceptors (Lipinski definition) is 3. The summed E-state index contributed by atoms with van der Waals surface area (Å²) in [6.45, 7) is 10.3. The Hall–Kier alpha value is -2.05. The second-order valence-corrected chi connectivity index (χ2v) is 12.6. The Bertz CT molecular complexity index is 993. The highest BCUT2D eigenvalue weighted by Gasteiger charge is 2.51. The molecule has 37 heavy (non-hydrogen) atoms. The molecule has 1 aromatic carbocycles. The van der Waals surface area contributed by atoms with E-state index < -0.39 is 0 Å². The molecule has 2 atom stereocenters. The summed E-state index contributed by atoms with van der Waals surface area (Å²) in [5.74, 6) is 1.97. The van der Waals surface area contributed by atoms with Crippen molar-refractivity contribution in [2.45, 2.75) is 58.8 Å². The van der Waals surface area contributed by atoms with Gasteiger partial charge in [0.05, 0.1) is 0 Å². The number of allylic oxidation sites excluding steroid dienone is 1. The number of fused-ring (bicyclic) bond motifs is 1. The molecule has 3 fully saturated rings. The zero-order valence-corrected chi connectivity index (χ0v) is 23.3. The van der Waals surface area contributed by atoms with Gasteiger partial charge in [0.1, 0.15) is 0 Å². The normalized spacial score (nSPS) is 25.7. The number of urea groups is 1. The molecule has 6 rings (SSSR count). The molecule has 1 saturated heterocycles. The minimum Gasteiger partial charge on any atom is -0.340 e. The summed E-state index contributed by atoms with van der Waals surface area (Å²) in [5.41, 5.74) is 2.52. The van der Waals surface area contributed by atoms with Crippen molar-refractivity contribution in [2.24, 2.45) is 23.2 Å². The van der Waals surface area contributed by atoms with Crippen LogP contribution < -0.4 is 5.32 Å². The molecule has 3 amide bonds. The van der Waals surface area contributed by atoms with Crippen LogP contribution in [0.4, 0.5) is 10.5 Å². The first kappa shape index (κ1) is 26.6. The molecule has 202 valence electrons. The third kappa shape index (κ3) is 6.01. The van der Waals surface area contributed by atoms with Gasteiger partial charge in [-0.15, -0.1) is 0 Å². The van der Waals surface area contributed by atoms with E-state index in [0.717, 1.165) is 63.6 Å². The van der Waals surface area contributed by atoms with Crippen LogP contribution in [0.1, 0.15) is 58.8 Å². The molecule has 0 aromatic heterocycles. The molecule has 1 N–H and O–H groups in total. The Kier molecular flexibility index (Phi) is 8.16. The number of carbonyl (C=O) groups is 2. The van der Waals surface area contributed by atoms with Gasteiger partial charge in [-0.3, -0.25) is 9.69 Å². The number of halogens is 1. The van der Waals surface area contributed by atoms with Crippen LogP contribution >= 0.6 is 11.6 Å². The summed E-state index contributed by atoms with van der Waals surface area (Å²) in [7, 11) is 0. The number of carbonyl (C=O) groups excluding carboxylic acids is 2. The number of anilines is 1. The van der Waals surface area contributed by atoms with Gasteiger partial charge in [-0.05, 0) is 67.2 Å². The maximum atomic E-state index is 13.4. The first-order valence-electron chi connectivity index (χ1n) is 14.3. The Morgan fingerprint density at radius 2 is 1.76 bits per heavy atom. The van der Waals surface area contributed by atoms with Crippen molar-refractivity contribution in [1.82, 2.24) is 14.7 Å². The molecular weight excluding hydrogens is 484 g/mol. The van der Waals surface area contributed by atoms with E-state index in [0.29, 0.717) is 35.4 Å². The molecule has 0 radical (unpaired) electrons. The quantitative estimate of drug-likeness (QED) is 0.451. The maximum Gasteiger partial charge on any atom is 0.322 e. The SMILES string of the molecule is CC1(C)C2CC=C(CN(CCN3CCN(C(=O)C4CCCCC4)CC3)C(=O)Nc3ccc(Cl)cc3)C1C2. The van der Waals surface area contributed by atoms with Gasteiger partial charge in [0.25, 0.3) is 0 Å². The number of hydrogen-bond donors (Lipinski definition) is 1. The molecule has 0 spiro atoms. The number of nitrogens with one attached hydrogen (secondary N) is 1. The largest absolute Gasteiger partial charge is 0.340 e. The monoisotopic (exact) mass is 526 g/mol. The van der Waals surface area contributed by atoms with E-state index in [-0.39, 0.29) is 11.9 Å². The van der Waals surface area contributed by atoms with Crippen LogP contribution in [0.2, 0.25) is 5.02 Å². The second-order valence-electron chi connectivity index (χ2n) is 12.2. The van der Waals surface area contributed by atoms with Crippen LogP contribution in [0.5, 0.6) is 0 Å². The van der Waals surface area contributed by atoms with Gasteiger partial charge in [-0.25, -0.2) is 4.79 Å². The predicted octanol–water partition coefficient (Wildman–Crippen LogP) is 5.89. The van der Waals surface area contributed by atoms with Crippen molar-refractivity contribution < 1.29 is 9.59 Å². The molecule has 1 heterocycles. The van der Waals surface area contributed by atoms with Gasteiger partial charge in [0.15, 0.2) is 0 Å². The van der Waals surface area contributed by atoms with E-state index in [1.165, 1.54) is 31.3 Å². The lowest BCUT2D eigenvalue weighted by atomic mass is 9.49. The zero-order valence-electron chi connectivity index (χ0n) is 22.6. The second kappa shape index (κ2) is 11.4. The highest BCUT2D eigenvalue weighted by atomic mass is 35.5. The molecule has 2 unspecified atom stereocenters. The Morgan fingerprint density at radius 1 is 1.05 bits per heavy atom. The number of benzene rings is 1. The van der Waals surface area contributed by atoms with Crippen LogP contribution in [0, 0.1) is 23.2 Å². The lowest BCUT2D eigenvalue weighted by Crippen LogP contribution is -2.53. The molecule has 1 aliphatic heterocycles. The molecule has 1 aromatic rings. The molecular formula is C30H43ClN4O2. The average Bonchev–Trinajstić information content (AvgIpc) is 2.92. The van der Waals surface area contributed by atoms with E-state index >= 15 is 0 Å². The number of nitrogens with zero attached hydrogens (tertiary/aromatic N) is 3. The van der Waals surface area contributed by atoms with Gasteiger partial charge < -0.3 is 15.1 Å². The van der Waals surface area contributed by atoms with E-state index in [1.54, 1.807) is 12.1 Å². The third-order valence-electron chi connectivity index (χ3n) is 9.66. The van der Waals surface area contributed by atoms with Gasteiger partial charge in [-0.2, -0.15) is 0 Å². The van der Waals surface area contributed by atoms with Gasteiger partial charge >= 0.3 is 6.03 Å². The number of amides is 3. The Labute approximate surface area is 227 Å². The minimum atomic E-state index is -0.0615. The Morgan fingerprint density at radius 3 is 2.41 bits per heavy atom. The third-order valence-corrected chi connectivity index (χ3v) is 9.92. The summed E-state index contributed by atoms with van der Waals surface area (Å²) in [6.07, 6.45) is 10.6. The maximum absolute atomic E-state index is 13.4. The van der Waals surface area contributed by atoms with E-state index in [1.807, 2.05) is 17.0 Å². The van der Waals surface area contributed by atoms with Crippen LogP contribution in [0.15, 0.2) is 35.9 Å². The van der Waals surface area contributed by atoms with Crippen molar-refractivity contribution in [3.63, 3.8) is 0 Å². The molecule has 2 saturated carbocycles. The fourth-order valence-corrected chi connectivity index (χ4v) is 7.05. The summed E-state index contributed by atoms with van der Waals surface area (Å²) < 4.78 is 0. The standard InChI is InChI=1S/C30H43ClN4O2/c1-30(2)24-9-8-23(27(30)20-24)21-35(29(37)32-26-12-10-25(31)11-13-26)19-16-33-14-17-34(18-15-33)28(36)22-6-4-3-5-7-22/h8,10-13,22,24,27H,3-7,9,14-21H2,1-2H3,(H,32,37). The van der Waals surface area contributed by atoms with Crippen molar-refractivity contribution in [3.05, 3.63) is 40.9 Å². The summed E-state index contributed by atoms with van der Waals surface area (Å²) in [5, 5.41) is 3.74. The smallest absolute Gasteiger partial charge is 0.322 e. The van der Waals surface area contributed by atoms with Gasteiger partial charge in [0, 0.05) is 62.4 Å². The first-order valence-corrected chi connectivity index (χ1v) is 14.7. The topological polar surface area (TPSA) is 55.9 Å². The fourth-order valence-electron chi connectivity index (χ4n) is 6.93. The molecule has 4 aliphatic carbocycles. The van der Waals surface area contributed by atoms with Crippen LogP contribution in [0.3, 0.4) is 0 Å². The average molecular weight is 527 g/mol. The molecule has 2 bridgehead atoms. The molecule has 7 heteroatoms. The van der Waals surface area contributed by atoms with Crippen LogP contribution in [0.25, 0.3) is 0 Å². The zero-order chi connectivity index (χ0) is 26.0. The molecule has 5 aliphatic rings. The van der Waals surface area contributed by atoms with Crippen LogP contribution in [-0.2, 0) is 4.79 Å². The first-order chi connectivity index (χ1) is 17.8. The van der Waals surface area contributed by atoms with Crippen molar-refractivity contribution in [3.8, 4) is 0 Å². The van der Waals surface area contributed by atoms with Crippen molar-refractivity contribution in [1.29, 1.82) is 0 Å². The highest BCUT2D eigenvalue weighted by Crippen LogP contribution is 2.59. The summed E-state index contributed by atoms with van der Waals surface area (Å²) >= 11 is 6.04. The van der Waals surface area contributed by atoms with E-state index in [2.05, 4.69) is 35.0 Å². The minimum absolute atomic E-state index is 0.0615. The lowest BCUT2D eigenvalue weighted by Gasteiger charge is -2.57. The van der Waals surface area contributed by atoms with Gasteiger partial charge in [0.2, 0.25) is 5.91 Å². The van der Waals surface area contributed by atoms with Gasteiger partial charge in [-0.1, -0.05) is 56.4 Å². The van der Waals surface area contributed by atoms with Crippen molar-refractivity contribution >= 4 is 29.2 Å². The van der Waals surface area contributed by atoms with Crippen LogP contribution in [-0.4, -0.2) is 72.5 Å². The van der Waals surface area contributed by atoms with Crippen molar-refractivity contribution in [2.75, 3.05) is 51.1 Å². The summed E-state index contributed by atoms with van der Waals surface area (Å²) in [6, 6.07) is 7.24. The highest BCUT2D eigenvalue weighted by molar-refractivity contribution is 6.30. The fraction of sp³-hybridized carbons (Fsp3) is 0.667. The number of piperazine rings is 1. The Balaban J connectivity index is 1.18. The van der Waals surface area contributed by atoms with E-state index in [9.17, 15) is 9.59 Å². The van der Waals surface area contributed by atoms with E-state index in [4.69, 9.17) is 11.6 Å². The predicted molar refractivity (Wildman–Crippen MR) is 150 cm³/mol. The summed E-state index contributed by atoms with van der Waals surface area (Å²) in [4.78, 5) is 32.8. The number of rotatable bonds is 7. The molecule has 6 nitrogen and oxygen atoms in total.